The van der Waals surface area contributed by atoms with Gasteiger partial charge in [0.2, 0.25) is 0 Å². The molecule has 3 aliphatic rings. The fourth-order valence-corrected chi connectivity index (χ4v) is 2.60. The standard InChI is InChI=1S/C11H13NO/c1-2-7-10-11-8(4-1)5-3-6-9(11)12-13-10/h1-2,4,7-8,10-11H,3,5-6H2. The fourth-order valence-electron chi connectivity index (χ4n) is 2.60. The Morgan fingerprint density at radius 3 is 3.23 bits per heavy atom. The van der Waals surface area contributed by atoms with Gasteiger partial charge in [-0.05, 0) is 31.3 Å². The van der Waals surface area contributed by atoms with Crippen LogP contribution in [0.4, 0.5) is 0 Å². The predicted molar refractivity (Wildman–Crippen MR) is 51.4 cm³/mol. The van der Waals surface area contributed by atoms with E-state index in [9.17, 15) is 0 Å². The molecule has 3 unspecified atom stereocenters. The first-order valence-corrected chi connectivity index (χ1v) is 5.03. The molecule has 3 atom stereocenters. The van der Waals surface area contributed by atoms with Crippen LogP contribution >= 0.6 is 0 Å². The summed E-state index contributed by atoms with van der Waals surface area (Å²) >= 11 is 0. The van der Waals surface area contributed by atoms with Crippen LogP contribution in [-0.2, 0) is 4.84 Å². The summed E-state index contributed by atoms with van der Waals surface area (Å²) < 4.78 is 0. The molecule has 0 saturated heterocycles. The molecule has 1 saturated carbocycles. The molecule has 13 heavy (non-hydrogen) atoms. The zero-order valence-corrected chi connectivity index (χ0v) is 7.52. The summed E-state index contributed by atoms with van der Waals surface area (Å²) in [6.07, 6.45) is 12.6. The number of hydrogen-bond acceptors (Lipinski definition) is 2. The van der Waals surface area contributed by atoms with Gasteiger partial charge in [-0.1, -0.05) is 23.4 Å². The van der Waals surface area contributed by atoms with Crippen LogP contribution in [0.3, 0.4) is 0 Å². The molecular weight excluding hydrogens is 162 g/mol. The van der Waals surface area contributed by atoms with E-state index in [1.165, 1.54) is 18.6 Å². The average Bonchev–Trinajstić information content (AvgIpc) is 2.44. The van der Waals surface area contributed by atoms with Gasteiger partial charge >= 0.3 is 0 Å². The van der Waals surface area contributed by atoms with E-state index in [-0.39, 0.29) is 6.10 Å². The van der Waals surface area contributed by atoms with Crippen LogP contribution in [0.2, 0.25) is 0 Å². The van der Waals surface area contributed by atoms with E-state index in [0.717, 1.165) is 6.42 Å². The summed E-state index contributed by atoms with van der Waals surface area (Å²) in [6, 6.07) is 0. The van der Waals surface area contributed by atoms with Crippen LogP contribution in [0.5, 0.6) is 0 Å². The molecule has 2 aliphatic carbocycles. The lowest BCUT2D eigenvalue weighted by Crippen LogP contribution is -2.31. The first kappa shape index (κ1) is 7.36. The summed E-state index contributed by atoms with van der Waals surface area (Å²) in [7, 11) is 0. The van der Waals surface area contributed by atoms with Gasteiger partial charge in [-0.2, -0.15) is 0 Å². The van der Waals surface area contributed by atoms with Crippen molar-refractivity contribution < 1.29 is 4.84 Å². The first-order valence-electron chi connectivity index (χ1n) is 5.03. The van der Waals surface area contributed by atoms with E-state index in [1.807, 2.05) is 0 Å². The molecule has 1 aliphatic heterocycles. The van der Waals surface area contributed by atoms with Crippen molar-refractivity contribution in [2.24, 2.45) is 17.0 Å². The smallest absolute Gasteiger partial charge is 0.154 e. The molecule has 0 aromatic rings. The molecule has 0 amide bonds. The van der Waals surface area contributed by atoms with Gasteiger partial charge in [-0.3, -0.25) is 0 Å². The maximum atomic E-state index is 5.41. The second-order valence-corrected chi connectivity index (χ2v) is 4.00. The molecule has 2 nitrogen and oxygen atoms in total. The van der Waals surface area contributed by atoms with Crippen molar-refractivity contribution in [3.63, 3.8) is 0 Å². The van der Waals surface area contributed by atoms with Crippen molar-refractivity contribution in [1.29, 1.82) is 0 Å². The molecule has 0 aromatic heterocycles. The van der Waals surface area contributed by atoms with E-state index in [1.54, 1.807) is 0 Å². The molecule has 0 bridgehead atoms. The monoisotopic (exact) mass is 175 g/mol. The number of rotatable bonds is 0. The van der Waals surface area contributed by atoms with E-state index in [4.69, 9.17) is 4.84 Å². The molecule has 68 valence electrons. The SMILES string of the molecule is C1=CC2CCCC3=NOC(C=C1)C32. The van der Waals surface area contributed by atoms with Crippen molar-refractivity contribution in [1.82, 2.24) is 0 Å². The van der Waals surface area contributed by atoms with E-state index in [2.05, 4.69) is 29.5 Å². The minimum Gasteiger partial charge on any atom is -0.388 e. The average molecular weight is 175 g/mol. The van der Waals surface area contributed by atoms with Gasteiger partial charge in [0.05, 0.1) is 11.6 Å². The van der Waals surface area contributed by atoms with Crippen molar-refractivity contribution in [2.75, 3.05) is 0 Å². The van der Waals surface area contributed by atoms with Crippen molar-refractivity contribution in [2.45, 2.75) is 25.4 Å². The Hall–Kier alpha value is -1.05. The normalized spacial score (nSPS) is 40.6. The minimum absolute atomic E-state index is 0.218. The lowest BCUT2D eigenvalue weighted by atomic mass is 9.76. The molecule has 0 aromatic carbocycles. The zero-order valence-electron chi connectivity index (χ0n) is 7.52. The van der Waals surface area contributed by atoms with E-state index >= 15 is 0 Å². The molecule has 0 radical (unpaired) electrons. The maximum Gasteiger partial charge on any atom is 0.154 e. The van der Waals surface area contributed by atoms with Crippen molar-refractivity contribution >= 4 is 5.71 Å². The molecule has 2 heteroatoms. The highest BCUT2D eigenvalue weighted by atomic mass is 16.6. The van der Waals surface area contributed by atoms with Gasteiger partial charge in [-0.15, -0.1) is 0 Å². The first-order chi connectivity index (χ1) is 6.45. The van der Waals surface area contributed by atoms with Crippen LogP contribution in [0.15, 0.2) is 29.5 Å². The van der Waals surface area contributed by atoms with E-state index < -0.39 is 0 Å². The third-order valence-corrected chi connectivity index (χ3v) is 3.23. The van der Waals surface area contributed by atoms with Crippen LogP contribution in [0, 0.1) is 11.8 Å². The zero-order chi connectivity index (χ0) is 8.67. The van der Waals surface area contributed by atoms with Crippen LogP contribution in [-0.4, -0.2) is 11.8 Å². The Morgan fingerprint density at radius 2 is 2.23 bits per heavy atom. The highest BCUT2D eigenvalue weighted by Crippen LogP contribution is 2.38. The lowest BCUT2D eigenvalue weighted by molar-refractivity contribution is 0.0865. The van der Waals surface area contributed by atoms with Gasteiger partial charge in [0.1, 0.15) is 0 Å². The third-order valence-electron chi connectivity index (χ3n) is 3.23. The molecule has 1 fully saturated rings. The summed E-state index contributed by atoms with van der Waals surface area (Å²) in [6.45, 7) is 0. The Morgan fingerprint density at radius 1 is 1.31 bits per heavy atom. The Bertz CT molecular complexity index is 303. The summed E-state index contributed by atoms with van der Waals surface area (Å²) in [4.78, 5) is 5.41. The molecule has 0 spiro atoms. The maximum absolute atomic E-state index is 5.41. The number of allylic oxidation sites excluding steroid dienone is 3. The quantitative estimate of drug-likeness (QED) is 0.553. The van der Waals surface area contributed by atoms with Crippen LogP contribution in [0.1, 0.15) is 19.3 Å². The summed E-state index contributed by atoms with van der Waals surface area (Å²) in [5, 5.41) is 4.17. The molecular formula is C11H13NO. The lowest BCUT2D eigenvalue weighted by Gasteiger charge is -2.27. The second-order valence-electron chi connectivity index (χ2n) is 4.00. The Labute approximate surface area is 78.0 Å². The van der Waals surface area contributed by atoms with Crippen LogP contribution in [0.25, 0.3) is 0 Å². The topological polar surface area (TPSA) is 21.6 Å². The largest absolute Gasteiger partial charge is 0.388 e. The predicted octanol–water partition coefficient (Wildman–Crippen LogP) is 2.28. The summed E-state index contributed by atoms with van der Waals surface area (Å²) in [5.41, 5.74) is 1.29. The Kier molecular flexibility index (Phi) is 1.54. The van der Waals surface area contributed by atoms with Gasteiger partial charge in [-0.25, -0.2) is 0 Å². The highest BCUT2D eigenvalue weighted by Gasteiger charge is 2.40. The van der Waals surface area contributed by atoms with Gasteiger partial charge in [0.15, 0.2) is 6.10 Å². The van der Waals surface area contributed by atoms with Crippen molar-refractivity contribution in [3.8, 4) is 0 Å². The number of hydrogen-bond donors (Lipinski definition) is 0. The molecule has 1 heterocycles. The fraction of sp³-hybridized carbons (Fsp3) is 0.545. The molecule has 3 rings (SSSR count). The van der Waals surface area contributed by atoms with Gasteiger partial charge < -0.3 is 4.84 Å². The summed E-state index contributed by atoms with van der Waals surface area (Å²) in [5.74, 6) is 1.21. The minimum atomic E-state index is 0.218. The van der Waals surface area contributed by atoms with Crippen molar-refractivity contribution in [3.05, 3.63) is 24.3 Å². The second kappa shape index (κ2) is 2.72. The molecule has 0 N–H and O–H groups in total. The third kappa shape index (κ3) is 1.05. The van der Waals surface area contributed by atoms with Gasteiger partial charge in [0.25, 0.3) is 0 Å². The Balaban J connectivity index is 1.99. The van der Waals surface area contributed by atoms with Crippen LogP contribution < -0.4 is 0 Å². The number of oxime groups is 1. The van der Waals surface area contributed by atoms with Gasteiger partial charge in [0, 0.05) is 0 Å². The van der Waals surface area contributed by atoms with E-state index in [0.29, 0.717) is 11.8 Å². The number of nitrogens with zero attached hydrogens (tertiary/aromatic N) is 1. The highest BCUT2D eigenvalue weighted by molar-refractivity contribution is 5.89.